The third-order valence-electron chi connectivity index (χ3n) is 4.85. The maximum absolute atomic E-state index is 13.0. The van der Waals surface area contributed by atoms with Crippen molar-refractivity contribution in [3.05, 3.63) is 83.4 Å². The predicted octanol–water partition coefficient (Wildman–Crippen LogP) is 4.51. The van der Waals surface area contributed by atoms with Gasteiger partial charge in [-0.1, -0.05) is 23.4 Å². The maximum Gasteiger partial charge on any atom is 0.342 e. The topological polar surface area (TPSA) is 79.4 Å². The molecule has 7 nitrogen and oxygen atoms in total. The second kappa shape index (κ2) is 8.24. The average Bonchev–Trinajstić information content (AvgIpc) is 3.37. The zero-order chi connectivity index (χ0) is 21.1. The van der Waals surface area contributed by atoms with Gasteiger partial charge in [0.25, 0.3) is 0 Å². The van der Waals surface area contributed by atoms with Gasteiger partial charge in [-0.3, -0.25) is 0 Å². The van der Waals surface area contributed by atoms with E-state index < -0.39 is 5.97 Å². The van der Waals surface area contributed by atoms with Gasteiger partial charge in [0.2, 0.25) is 0 Å². The Balaban J connectivity index is 1.69. The number of rotatable bonds is 6. The molecule has 0 saturated heterocycles. The number of hydrogen-bond acceptors (Lipinski definition) is 6. The quantitative estimate of drug-likeness (QED) is 0.441. The lowest BCUT2D eigenvalue weighted by atomic mass is 10.1. The van der Waals surface area contributed by atoms with Crippen molar-refractivity contribution in [2.75, 3.05) is 7.11 Å². The summed E-state index contributed by atoms with van der Waals surface area (Å²) in [7, 11) is 1.61. The van der Waals surface area contributed by atoms with E-state index >= 15 is 0 Å². The predicted molar refractivity (Wildman–Crippen MR) is 111 cm³/mol. The molecule has 0 aliphatic carbocycles. The van der Waals surface area contributed by atoms with Gasteiger partial charge >= 0.3 is 5.97 Å². The Morgan fingerprint density at radius 2 is 1.80 bits per heavy atom. The van der Waals surface area contributed by atoms with Gasteiger partial charge in [-0.2, -0.15) is 5.10 Å². The summed E-state index contributed by atoms with van der Waals surface area (Å²) in [6.45, 7) is 3.69. The van der Waals surface area contributed by atoms with Crippen LogP contribution in [0.4, 0.5) is 0 Å². The molecule has 0 aliphatic rings. The Hall–Kier alpha value is -3.87. The van der Waals surface area contributed by atoms with Gasteiger partial charge in [-0.05, 0) is 50.2 Å². The first-order valence-electron chi connectivity index (χ1n) is 9.45. The van der Waals surface area contributed by atoms with Crippen LogP contribution in [0.15, 0.2) is 65.3 Å². The smallest absolute Gasteiger partial charge is 0.342 e. The Labute approximate surface area is 173 Å². The van der Waals surface area contributed by atoms with Gasteiger partial charge in [0.15, 0.2) is 0 Å². The van der Waals surface area contributed by atoms with E-state index in [9.17, 15) is 4.79 Å². The fourth-order valence-corrected chi connectivity index (χ4v) is 3.12. The maximum atomic E-state index is 13.0. The molecular formula is C23H21N3O4. The first-order valence-corrected chi connectivity index (χ1v) is 9.45. The SMILES string of the molecule is COc1ccc(-c2nn(-c3ccccc3)cc2C(=O)OCc2c(C)noc2C)cc1. The highest BCUT2D eigenvalue weighted by atomic mass is 16.5. The van der Waals surface area contributed by atoms with Gasteiger partial charge in [0.05, 0.1) is 24.1 Å². The molecule has 0 atom stereocenters. The summed E-state index contributed by atoms with van der Waals surface area (Å²) in [5.41, 5.74) is 4.01. The van der Waals surface area contributed by atoms with E-state index in [0.717, 1.165) is 22.6 Å². The molecule has 4 aromatic rings. The molecule has 0 amide bonds. The van der Waals surface area contributed by atoms with E-state index in [4.69, 9.17) is 14.0 Å². The van der Waals surface area contributed by atoms with Crippen LogP contribution in [0.5, 0.6) is 5.75 Å². The highest BCUT2D eigenvalue weighted by Crippen LogP contribution is 2.27. The third kappa shape index (κ3) is 3.82. The molecular weight excluding hydrogens is 382 g/mol. The molecule has 2 aromatic heterocycles. The van der Waals surface area contributed by atoms with Crippen LogP contribution in [0.25, 0.3) is 16.9 Å². The van der Waals surface area contributed by atoms with Crippen molar-refractivity contribution in [3.8, 4) is 22.7 Å². The first-order chi connectivity index (χ1) is 14.6. The molecule has 0 bridgehead atoms. The van der Waals surface area contributed by atoms with E-state index in [-0.39, 0.29) is 6.61 Å². The van der Waals surface area contributed by atoms with Crippen LogP contribution in [-0.2, 0) is 11.3 Å². The number of aromatic nitrogens is 3. The van der Waals surface area contributed by atoms with Crippen molar-refractivity contribution in [2.45, 2.75) is 20.5 Å². The lowest BCUT2D eigenvalue weighted by Crippen LogP contribution is -2.06. The van der Waals surface area contributed by atoms with Crippen molar-refractivity contribution in [2.24, 2.45) is 0 Å². The fourth-order valence-electron chi connectivity index (χ4n) is 3.12. The molecule has 0 aliphatic heterocycles. The molecule has 0 radical (unpaired) electrons. The summed E-state index contributed by atoms with van der Waals surface area (Å²) in [4.78, 5) is 13.0. The van der Waals surface area contributed by atoms with Gasteiger partial charge in [0, 0.05) is 11.8 Å². The van der Waals surface area contributed by atoms with Gasteiger partial charge in [0.1, 0.15) is 29.4 Å². The van der Waals surface area contributed by atoms with Crippen LogP contribution in [-0.4, -0.2) is 28.0 Å². The number of carbonyl (C=O) groups is 1. The van der Waals surface area contributed by atoms with E-state index in [2.05, 4.69) is 10.3 Å². The first kappa shape index (κ1) is 19.4. The summed E-state index contributed by atoms with van der Waals surface area (Å²) in [6.07, 6.45) is 1.69. The van der Waals surface area contributed by atoms with Gasteiger partial charge in [-0.15, -0.1) is 0 Å². The van der Waals surface area contributed by atoms with Crippen molar-refractivity contribution in [1.29, 1.82) is 0 Å². The molecule has 0 fully saturated rings. The number of aryl methyl sites for hydroxylation is 2. The molecule has 0 unspecified atom stereocenters. The molecule has 152 valence electrons. The molecule has 2 heterocycles. The van der Waals surface area contributed by atoms with E-state index in [1.165, 1.54) is 0 Å². The number of nitrogens with zero attached hydrogens (tertiary/aromatic N) is 3. The summed E-state index contributed by atoms with van der Waals surface area (Å²) in [5, 5.41) is 8.55. The monoisotopic (exact) mass is 403 g/mol. The number of ether oxygens (including phenoxy) is 2. The summed E-state index contributed by atoms with van der Waals surface area (Å²) in [6, 6.07) is 17.0. The molecule has 2 aromatic carbocycles. The number of para-hydroxylation sites is 1. The third-order valence-corrected chi connectivity index (χ3v) is 4.85. The Morgan fingerprint density at radius 3 is 2.43 bits per heavy atom. The normalized spacial score (nSPS) is 10.8. The zero-order valence-electron chi connectivity index (χ0n) is 17.0. The number of carbonyl (C=O) groups excluding carboxylic acids is 1. The van der Waals surface area contributed by atoms with Crippen LogP contribution < -0.4 is 4.74 Å². The lowest BCUT2D eigenvalue weighted by Gasteiger charge is -2.05. The number of methoxy groups -OCH3 is 1. The van der Waals surface area contributed by atoms with Crippen LogP contribution in [0.1, 0.15) is 27.4 Å². The highest BCUT2D eigenvalue weighted by Gasteiger charge is 2.21. The van der Waals surface area contributed by atoms with Gasteiger partial charge < -0.3 is 14.0 Å². The van der Waals surface area contributed by atoms with Crippen molar-refractivity contribution in [3.63, 3.8) is 0 Å². The Bertz CT molecular complexity index is 1140. The number of benzene rings is 2. The molecule has 4 rings (SSSR count). The van der Waals surface area contributed by atoms with Crippen LogP contribution >= 0.6 is 0 Å². The van der Waals surface area contributed by atoms with E-state index in [1.807, 2.05) is 61.5 Å². The molecule has 30 heavy (non-hydrogen) atoms. The lowest BCUT2D eigenvalue weighted by molar-refractivity contribution is 0.0471. The average molecular weight is 403 g/mol. The van der Waals surface area contributed by atoms with Crippen molar-refractivity contribution < 1.29 is 18.8 Å². The number of hydrogen-bond donors (Lipinski definition) is 0. The van der Waals surface area contributed by atoms with Crippen LogP contribution in [0.3, 0.4) is 0 Å². The summed E-state index contributed by atoms with van der Waals surface area (Å²) >= 11 is 0. The Morgan fingerprint density at radius 1 is 1.07 bits per heavy atom. The van der Waals surface area contributed by atoms with Crippen LogP contribution in [0.2, 0.25) is 0 Å². The molecule has 0 saturated carbocycles. The molecule has 0 spiro atoms. The second-order valence-corrected chi connectivity index (χ2v) is 6.78. The fraction of sp³-hybridized carbons (Fsp3) is 0.174. The minimum atomic E-state index is -0.469. The zero-order valence-corrected chi connectivity index (χ0v) is 17.0. The minimum Gasteiger partial charge on any atom is -0.497 e. The highest BCUT2D eigenvalue weighted by molar-refractivity contribution is 5.96. The van der Waals surface area contributed by atoms with Crippen LogP contribution in [0, 0.1) is 13.8 Å². The van der Waals surface area contributed by atoms with E-state index in [1.54, 1.807) is 24.9 Å². The Kier molecular flexibility index (Phi) is 5.34. The minimum absolute atomic E-state index is 0.0819. The van der Waals surface area contributed by atoms with Gasteiger partial charge in [-0.25, -0.2) is 9.48 Å². The molecule has 0 N–H and O–H groups in total. The second-order valence-electron chi connectivity index (χ2n) is 6.78. The van der Waals surface area contributed by atoms with E-state index in [0.29, 0.717) is 22.7 Å². The summed E-state index contributed by atoms with van der Waals surface area (Å²) < 4.78 is 17.6. The largest absolute Gasteiger partial charge is 0.497 e. The molecule has 7 heteroatoms. The standard InChI is InChI=1S/C23H21N3O4/c1-15-21(16(2)30-25-15)14-29-23(27)20-13-26(18-7-5-4-6-8-18)24-22(20)17-9-11-19(28-3)12-10-17/h4-13H,14H2,1-3H3. The summed E-state index contributed by atoms with van der Waals surface area (Å²) in [5.74, 6) is 0.891. The van der Waals surface area contributed by atoms with Crippen molar-refractivity contribution >= 4 is 5.97 Å². The van der Waals surface area contributed by atoms with Crippen molar-refractivity contribution in [1.82, 2.24) is 14.9 Å². The number of esters is 1.